The van der Waals surface area contributed by atoms with E-state index in [-0.39, 0.29) is 0 Å². The zero-order valence-corrected chi connectivity index (χ0v) is 10.7. The molecule has 1 aromatic heterocycles. The molecule has 0 aliphatic rings. The van der Waals surface area contributed by atoms with Crippen LogP contribution in [-0.4, -0.2) is 23.1 Å². The van der Waals surface area contributed by atoms with Gasteiger partial charge in [-0.25, -0.2) is 0 Å². The molecule has 0 fully saturated rings. The Bertz CT molecular complexity index is 468. The number of ether oxygens (including phenoxy) is 2. The number of methoxy groups -OCH3 is 1. The van der Waals surface area contributed by atoms with Crippen molar-refractivity contribution >= 4 is 11.5 Å². The highest BCUT2D eigenvalue weighted by molar-refractivity contribution is 7.07. The fourth-order valence-electron chi connectivity index (χ4n) is 1.36. The molecule has 1 heterocycles. The van der Waals surface area contributed by atoms with Crippen LogP contribution in [0.4, 0.5) is 0 Å². The minimum Gasteiger partial charge on any atom is -0.430 e. The standard InChI is InChI=1S/C12H14N2O2S/c1-9-13-12(17-14-9)16-11-5-3-10(4-6-11)7-8-15-2/h3-6H,7-8H2,1-2H3. The van der Waals surface area contributed by atoms with Gasteiger partial charge in [0.25, 0.3) is 5.19 Å². The van der Waals surface area contributed by atoms with Crippen LogP contribution in [0.2, 0.25) is 0 Å². The molecule has 17 heavy (non-hydrogen) atoms. The van der Waals surface area contributed by atoms with Gasteiger partial charge in [0.05, 0.1) is 6.61 Å². The molecule has 4 nitrogen and oxygen atoms in total. The number of hydrogen-bond acceptors (Lipinski definition) is 5. The monoisotopic (exact) mass is 250 g/mol. The maximum Gasteiger partial charge on any atom is 0.298 e. The first-order valence-corrected chi connectivity index (χ1v) is 6.11. The zero-order valence-electron chi connectivity index (χ0n) is 9.84. The number of rotatable bonds is 5. The molecule has 0 spiro atoms. The lowest BCUT2D eigenvalue weighted by Gasteiger charge is -2.03. The van der Waals surface area contributed by atoms with Gasteiger partial charge in [-0.15, -0.1) is 0 Å². The predicted octanol–water partition coefficient (Wildman–Crippen LogP) is 2.83. The third-order valence-corrected chi connectivity index (χ3v) is 2.92. The minimum atomic E-state index is 0.576. The number of benzene rings is 1. The van der Waals surface area contributed by atoms with E-state index >= 15 is 0 Å². The third kappa shape index (κ3) is 3.51. The van der Waals surface area contributed by atoms with Gasteiger partial charge in [0, 0.05) is 18.6 Å². The predicted molar refractivity (Wildman–Crippen MR) is 66.7 cm³/mol. The van der Waals surface area contributed by atoms with Crippen molar-refractivity contribution in [2.45, 2.75) is 13.3 Å². The van der Waals surface area contributed by atoms with Gasteiger partial charge in [0.1, 0.15) is 11.6 Å². The van der Waals surface area contributed by atoms with Crippen molar-refractivity contribution in [3.63, 3.8) is 0 Å². The molecule has 0 saturated heterocycles. The van der Waals surface area contributed by atoms with Crippen LogP contribution < -0.4 is 4.74 Å². The smallest absolute Gasteiger partial charge is 0.298 e. The largest absolute Gasteiger partial charge is 0.430 e. The molecule has 0 aliphatic carbocycles. The van der Waals surface area contributed by atoms with Crippen LogP contribution in [-0.2, 0) is 11.2 Å². The van der Waals surface area contributed by atoms with Crippen molar-refractivity contribution in [2.24, 2.45) is 0 Å². The molecule has 2 aromatic rings. The Morgan fingerprint density at radius 3 is 2.59 bits per heavy atom. The van der Waals surface area contributed by atoms with E-state index in [1.165, 1.54) is 17.1 Å². The topological polar surface area (TPSA) is 44.2 Å². The Morgan fingerprint density at radius 2 is 2.00 bits per heavy atom. The van der Waals surface area contributed by atoms with E-state index in [4.69, 9.17) is 9.47 Å². The maximum atomic E-state index is 5.57. The van der Waals surface area contributed by atoms with Crippen molar-refractivity contribution < 1.29 is 9.47 Å². The van der Waals surface area contributed by atoms with Crippen LogP contribution in [0.5, 0.6) is 10.9 Å². The summed E-state index contributed by atoms with van der Waals surface area (Å²) in [6, 6.07) is 7.92. The Hall–Kier alpha value is -1.46. The van der Waals surface area contributed by atoms with Gasteiger partial charge >= 0.3 is 0 Å². The second kappa shape index (κ2) is 5.75. The van der Waals surface area contributed by atoms with Gasteiger partial charge in [-0.05, 0) is 31.0 Å². The Balaban J connectivity index is 1.98. The van der Waals surface area contributed by atoms with Gasteiger partial charge in [-0.2, -0.15) is 9.36 Å². The third-order valence-electron chi connectivity index (χ3n) is 2.23. The first-order chi connectivity index (χ1) is 8.28. The zero-order chi connectivity index (χ0) is 12.1. The molecule has 0 saturated carbocycles. The van der Waals surface area contributed by atoms with Crippen LogP contribution in [0, 0.1) is 6.92 Å². The number of nitrogens with zero attached hydrogens (tertiary/aromatic N) is 2. The lowest BCUT2D eigenvalue weighted by atomic mass is 10.1. The molecular formula is C12H14N2O2S. The van der Waals surface area contributed by atoms with E-state index in [9.17, 15) is 0 Å². The molecule has 0 radical (unpaired) electrons. The first-order valence-electron chi connectivity index (χ1n) is 5.34. The molecule has 90 valence electrons. The normalized spacial score (nSPS) is 10.5. The Labute approximate surface area is 104 Å². The molecule has 5 heteroatoms. The van der Waals surface area contributed by atoms with Crippen LogP contribution in [0.3, 0.4) is 0 Å². The molecule has 0 atom stereocenters. The number of aryl methyl sites for hydroxylation is 1. The average Bonchev–Trinajstić information content (AvgIpc) is 2.74. The van der Waals surface area contributed by atoms with Crippen LogP contribution in [0.1, 0.15) is 11.4 Å². The summed E-state index contributed by atoms with van der Waals surface area (Å²) in [6.07, 6.45) is 0.911. The van der Waals surface area contributed by atoms with Gasteiger partial charge in [-0.3, -0.25) is 0 Å². The molecular weight excluding hydrogens is 236 g/mol. The quantitative estimate of drug-likeness (QED) is 0.818. The van der Waals surface area contributed by atoms with Crippen molar-refractivity contribution in [1.29, 1.82) is 0 Å². The van der Waals surface area contributed by atoms with E-state index in [0.717, 1.165) is 24.6 Å². The molecule has 0 bridgehead atoms. The Morgan fingerprint density at radius 1 is 1.24 bits per heavy atom. The molecule has 0 unspecified atom stereocenters. The summed E-state index contributed by atoms with van der Waals surface area (Å²) in [7, 11) is 1.70. The van der Waals surface area contributed by atoms with Gasteiger partial charge in [0.2, 0.25) is 0 Å². The van der Waals surface area contributed by atoms with Crippen LogP contribution in [0.25, 0.3) is 0 Å². The number of hydrogen-bond donors (Lipinski definition) is 0. The second-order valence-corrected chi connectivity index (χ2v) is 4.31. The summed E-state index contributed by atoms with van der Waals surface area (Å²) in [6.45, 7) is 2.58. The minimum absolute atomic E-state index is 0.576. The highest BCUT2D eigenvalue weighted by atomic mass is 32.1. The lowest BCUT2D eigenvalue weighted by molar-refractivity contribution is 0.202. The molecule has 0 aliphatic heterocycles. The first kappa shape index (κ1) is 12.0. The molecule has 1 aromatic carbocycles. The molecule has 0 amide bonds. The number of aromatic nitrogens is 2. The highest BCUT2D eigenvalue weighted by Crippen LogP contribution is 2.23. The lowest BCUT2D eigenvalue weighted by Crippen LogP contribution is -1.94. The summed E-state index contributed by atoms with van der Waals surface area (Å²) < 4.78 is 14.7. The summed E-state index contributed by atoms with van der Waals surface area (Å²) in [5.74, 6) is 1.52. The van der Waals surface area contributed by atoms with E-state index < -0.39 is 0 Å². The fourth-order valence-corrected chi connectivity index (χ4v) is 1.92. The van der Waals surface area contributed by atoms with E-state index in [0.29, 0.717) is 5.19 Å². The highest BCUT2D eigenvalue weighted by Gasteiger charge is 2.02. The van der Waals surface area contributed by atoms with Crippen LogP contribution >= 0.6 is 11.5 Å². The maximum absolute atomic E-state index is 5.57. The van der Waals surface area contributed by atoms with Crippen molar-refractivity contribution in [3.05, 3.63) is 35.7 Å². The Kier molecular flexibility index (Phi) is 4.06. The fraction of sp³-hybridized carbons (Fsp3) is 0.333. The summed E-state index contributed by atoms with van der Waals surface area (Å²) in [5.41, 5.74) is 1.23. The summed E-state index contributed by atoms with van der Waals surface area (Å²) in [5, 5.41) is 0.576. The SMILES string of the molecule is COCCc1ccc(Oc2nc(C)ns2)cc1. The molecule has 2 rings (SSSR count). The summed E-state index contributed by atoms with van der Waals surface area (Å²) >= 11 is 1.26. The van der Waals surface area contributed by atoms with Crippen molar-refractivity contribution in [1.82, 2.24) is 9.36 Å². The van der Waals surface area contributed by atoms with E-state index in [1.807, 2.05) is 31.2 Å². The van der Waals surface area contributed by atoms with Crippen molar-refractivity contribution in [3.8, 4) is 10.9 Å². The average molecular weight is 250 g/mol. The van der Waals surface area contributed by atoms with E-state index in [2.05, 4.69) is 9.36 Å². The van der Waals surface area contributed by atoms with Crippen LogP contribution in [0.15, 0.2) is 24.3 Å². The van der Waals surface area contributed by atoms with Gasteiger partial charge in [0.15, 0.2) is 0 Å². The van der Waals surface area contributed by atoms with E-state index in [1.54, 1.807) is 7.11 Å². The van der Waals surface area contributed by atoms with Gasteiger partial charge in [-0.1, -0.05) is 12.1 Å². The summed E-state index contributed by atoms with van der Waals surface area (Å²) in [4.78, 5) is 4.14. The van der Waals surface area contributed by atoms with Gasteiger partial charge < -0.3 is 9.47 Å². The molecule has 0 N–H and O–H groups in total. The van der Waals surface area contributed by atoms with Crippen molar-refractivity contribution in [2.75, 3.05) is 13.7 Å². The second-order valence-electron chi connectivity index (χ2n) is 3.60.